The number of methoxy groups -OCH3 is 1. The summed E-state index contributed by atoms with van der Waals surface area (Å²) >= 11 is -1.89. The van der Waals surface area contributed by atoms with Crippen molar-refractivity contribution < 1.29 is 18.3 Å². The summed E-state index contributed by atoms with van der Waals surface area (Å²) in [5, 5.41) is -0.356. The van der Waals surface area contributed by atoms with Crippen molar-refractivity contribution in [3.8, 4) is 0 Å². The maximum atomic E-state index is 11.8. The van der Waals surface area contributed by atoms with Crippen LogP contribution in [0.3, 0.4) is 0 Å². The van der Waals surface area contributed by atoms with E-state index in [0.29, 0.717) is 0 Å². The van der Waals surface area contributed by atoms with Crippen molar-refractivity contribution in [2.75, 3.05) is 7.11 Å². The molecule has 0 aliphatic heterocycles. The fourth-order valence-electron chi connectivity index (χ4n) is 3.20. The first-order valence-corrected chi connectivity index (χ1v) is 7.17. The molecule has 0 aromatic rings. The zero-order valence-corrected chi connectivity index (χ0v) is 11.9. The average molecular weight is 262 g/mol. The van der Waals surface area contributed by atoms with Gasteiger partial charge in [0.05, 0.1) is 18.3 Å². The molecule has 0 saturated heterocycles. The van der Waals surface area contributed by atoms with E-state index in [-0.39, 0.29) is 40.8 Å². The highest BCUT2D eigenvalue weighted by molar-refractivity contribution is 7.79. The Balaban J connectivity index is 3.07. The number of ether oxygens (including phenoxy) is 1. The molecular formula is C12H22O4S. The van der Waals surface area contributed by atoms with E-state index in [0.717, 1.165) is 0 Å². The number of rotatable bonds is 2. The minimum Gasteiger partial charge on any atom is -0.469 e. The zero-order valence-electron chi connectivity index (χ0n) is 11.0. The van der Waals surface area contributed by atoms with Gasteiger partial charge in [-0.2, -0.15) is 0 Å². The van der Waals surface area contributed by atoms with Gasteiger partial charge in [-0.3, -0.25) is 4.79 Å². The molecule has 1 rings (SSSR count). The molecule has 7 atom stereocenters. The minimum atomic E-state index is -1.89. The molecule has 7 unspecified atom stereocenters. The maximum Gasteiger partial charge on any atom is 0.309 e. The smallest absolute Gasteiger partial charge is 0.309 e. The molecule has 17 heavy (non-hydrogen) atoms. The Hall–Kier alpha value is -0.420. The summed E-state index contributed by atoms with van der Waals surface area (Å²) in [6, 6.07) is 0. The van der Waals surface area contributed by atoms with Crippen LogP contribution in [0.2, 0.25) is 0 Å². The van der Waals surface area contributed by atoms with Gasteiger partial charge in [-0.15, -0.1) is 0 Å². The highest BCUT2D eigenvalue weighted by Gasteiger charge is 2.48. The SMILES string of the molecule is COC(=O)C1C(C)C(C)C(C)C(S(=O)O)C1C. The second kappa shape index (κ2) is 5.48. The Bertz CT molecular complexity index is 318. The number of hydrogen-bond acceptors (Lipinski definition) is 3. The van der Waals surface area contributed by atoms with Gasteiger partial charge in [-0.25, -0.2) is 4.21 Å². The molecule has 100 valence electrons. The summed E-state index contributed by atoms with van der Waals surface area (Å²) in [6.45, 7) is 7.93. The van der Waals surface area contributed by atoms with Crippen molar-refractivity contribution >= 4 is 17.0 Å². The van der Waals surface area contributed by atoms with Gasteiger partial charge in [0.1, 0.15) is 0 Å². The van der Waals surface area contributed by atoms with Gasteiger partial charge in [0.2, 0.25) is 0 Å². The second-order valence-electron chi connectivity index (χ2n) is 5.23. The van der Waals surface area contributed by atoms with Crippen molar-refractivity contribution in [1.29, 1.82) is 0 Å². The quantitative estimate of drug-likeness (QED) is 0.610. The predicted molar refractivity (Wildman–Crippen MR) is 66.7 cm³/mol. The third-order valence-electron chi connectivity index (χ3n) is 4.53. The number of carbonyl (C=O) groups is 1. The topological polar surface area (TPSA) is 63.6 Å². The molecule has 0 bridgehead atoms. The van der Waals surface area contributed by atoms with Crippen LogP contribution < -0.4 is 0 Å². The first-order valence-electron chi connectivity index (χ1n) is 6.00. The number of esters is 1. The third-order valence-corrected chi connectivity index (χ3v) is 5.86. The Kier molecular flexibility index (Phi) is 4.72. The van der Waals surface area contributed by atoms with Crippen molar-refractivity contribution in [2.45, 2.75) is 32.9 Å². The van der Waals surface area contributed by atoms with Gasteiger partial charge in [0.15, 0.2) is 11.1 Å². The van der Waals surface area contributed by atoms with Gasteiger partial charge in [0.25, 0.3) is 0 Å². The van der Waals surface area contributed by atoms with Crippen molar-refractivity contribution in [1.82, 2.24) is 0 Å². The number of carbonyl (C=O) groups excluding carboxylic acids is 1. The summed E-state index contributed by atoms with van der Waals surface area (Å²) in [4.78, 5) is 11.8. The Morgan fingerprint density at radius 1 is 1.06 bits per heavy atom. The van der Waals surface area contributed by atoms with E-state index in [1.54, 1.807) is 0 Å². The van der Waals surface area contributed by atoms with E-state index < -0.39 is 11.1 Å². The van der Waals surface area contributed by atoms with Gasteiger partial charge in [0, 0.05) is 0 Å². The fraction of sp³-hybridized carbons (Fsp3) is 0.917. The summed E-state index contributed by atoms with van der Waals surface area (Å²) in [6.07, 6.45) is 0. The molecule has 1 fully saturated rings. The molecule has 0 heterocycles. The summed E-state index contributed by atoms with van der Waals surface area (Å²) in [7, 11) is 1.37. The van der Waals surface area contributed by atoms with E-state index in [4.69, 9.17) is 4.74 Å². The molecule has 1 saturated carbocycles. The summed E-state index contributed by atoms with van der Waals surface area (Å²) in [5.41, 5.74) is 0. The molecule has 0 amide bonds. The molecule has 1 aliphatic rings. The van der Waals surface area contributed by atoms with E-state index in [1.807, 2.05) is 27.7 Å². The fourth-order valence-corrected chi connectivity index (χ4v) is 4.35. The molecule has 0 radical (unpaired) electrons. The van der Waals surface area contributed by atoms with Crippen molar-refractivity contribution in [2.24, 2.45) is 29.6 Å². The van der Waals surface area contributed by atoms with Crippen LogP contribution >= 0.6 is 0 Å². The highest BCUT2D eigenvalue weighted by atomic mass is 32.2. The molecule has 1 N–H and O–H groups in total. The third kappa shape index (κ3) is 2.55. The van der Waals surface area contributed by atoms with E-state index in [1.165, 1.54) is 7.11 Å². The molecule has 1 aliphatic carbocycles. The van der Waals surface area contributed by atoms with Crippen LogP contribution in [0, 0.1) is 29.6 Å². The monoisotopic (exact) mass is 262 g/mol. The van der Waals surface area contributed by atoms with Crippen LogP contribution in [-0.2, 0) is 20.6 Å². The maximum absolute atomic E-state index is 11.8. The number of hydrogen-bond donors (Lipinski definition) is 1. The van der Waals surface area contributed by atoms with E-state index >= 15 is 0 Å². The zero-order chi connectivity index (χ0) is 13.3. The first kappa shape index (κ1) is 14.6. The standard InChI is InChI=1S/C12H22O4S/c1-6-7(2)10(12(13)16-5)9(4)11(8(6)3)17(14)15/h6-11H,1-5H3,(H,14,15). The second-order valence-corrected chi connectivity index (χ2v) is 6.32. The average Bonchev–Trinajstić information content (AvgIpc) is 2.25. The first-order chi connectivity index (χ1) is 7.82. The van der Waals surface area contributed by atoms with Crippen molar-refractivity contribution in [3.63, 3.8) is 0 Å². The minimum absolute atomic E-state index is 0.130. The van der Waals surface area contributed by atoms with Crippen LogP contribution in [0.25, 0.3) is 0 Å². The van der Waals surface area contributed by atoms with Crippen LogP contribution in [-0.4, -0.2) is 27.1 Å². The summed E-state index contributed by atoms with van der Waals surface area (Å²) < 4.78 is 25.7. The van der Waals surface area contributed by atoms with Gasteiger partial charge >= 0.3 is 5.97 Å². The predicted octanol–water partition coefficient (Wildman–Crippen LogP) is 1.92. The van der Waals surface area contributed by atoms with Gasteiger partial charge in [-0.05, 0) is 23.7 Å². The Labute approximate surface area is 105 Å². The van der Waals surface area contributed by atoms with Gasteiger partial charge in [-0.1, -0.05) is 27.7 Å². The molecule has 0 aromatic carbocycles. The van der Waals surface area contributed by atoms with E-state index in [2.05, 4.69) is 0 Å². The lowest BCUT2D eigenvalue weighted by atomic mass is 9.64. The van der Waals surface area contributed by atoms with Crippen LogP contribution in [0.4, 0.5) is 0 Å². The summed E-state index contributed by atoms with van der Waals surface area (Å²) in [5.74, 6) is -0.142. The van der Waals surface area contributed by atoms with Gasteiger partial charge < -0.3 is 9.29 Å². The molecular weight excluding hydrogens is 240 g/mol. The molecule has 0 aromatic heterocycles. The van der Waals surface area contributed by atoms with Crippen LogP contribution in [0.1, 0.15) is 27.7 Å². The lowest BCUT2D eigenvalue weighted by molar-refractivity contribution is -0.152. The van der Waals surface area contributed by atoms with Crippen LogP contribution in [0.5, 0.6) is 0 Å². The Morgan fingerprint density at radius 3 is 2.00 bits per heavy atom. The molecule has 0 spiro atoms. The normalized spacial score (nSPS) is 44.1. The van der Waals surface area contributed by atoms with E-state index in [9.17, 15) is 13.6 Å². The lowest BCUT2D eigenvalue weighted by Gasteiger charge is -2.45. The Morgan fingerprint density at radius 2 is 1.59 bits per heavy atom. The molecule has 4 nitrogen and oxygen atoms in total. The highest BCUT2D eigenvalue weighted by Crippen LogP contribution is 2.44. The van der Waals surface area contributed by atoms with Crippen molar-refractivity contribution in [3.05, 3.63) is 0 Å². The lowest BCUT2D eigenvalue weighted by Crippen LogP contribution is -2.50. The van der Waals surface area contributed by atoms with Crippen LogP contribution in [0.15, 0.2) is 0 Å². The largest absolute Gasteiger partial charge is 0.469 e. The molecule has 5 heteroatoms.